The normalized spacial score (nSPS) is 18.9. The molecule has 2 aromatic carbocycles. The Morgan fingerprint density at radius 3 is 2.72 bits per heavy atom. The summed E-state index contributed by atoms with van der Waals surface area (Å²) in [6.07, 6.45) is 2.25. The Bertz CT molecular complexity index is 961. The summed E-state index contributed by atoms with van der Waals surface area (Å²) in [6.45, 7) is 4.24. The SMILES string of the molecule is COc1ccc2c(c1)N(CC(=O)NC(C)C)/C(=C/C1Sc3ccccc3N1C)S2. The van der Waals surface area contributed by atoms with Gasteiger partial charge in [-0.25, -0.2) is 0 Å². The lowest BCUT2D eigenvalue weighted by molar-refractivity contribution is -0.120. The lowest BCUT2D eigenvalue weighted by atomic mass is 10.2. The number of carbonyl (C=O) groups is 1. The third-order valence-electron chi connectivity index (χ3n) is 4.85. The van der Waals surface area contributed by atoms with Gasteiger partial charge in [-0.15, -0.1) is 0 Å². The van der Waals surface area contributed by atoms with E-state index in [9.17, 15) is 4.79 Å². The van der Waals surface area contributed by atoms with E-state index in [1.54, 1.807) is 18.9 Å². The molecule has 1 amide bonds. The van der Waals surface area contributed by atoms with Crippen LogP contribution in [0.3, 0.4) is 0 Å². The van der Waals surface area contributed by atoms with Crippen LogP contribution < -0.4 is 19.9 Å². The first-order chi connectivity index (χ1) is 14.0. The number of ether oxygens (including phenoxy) is 1. The lowest BCUT2D eigenvalue weighted by Gasteiger charge is -2.24. The van der Waals surface area contributed by atoms with Gasteiger partial charge in [-0.2, -0.15) is 0 Å². The number of benzene rings is 2. The number of nitrogens with one attached hydrogen (secondary N) is 1. The Morgan fingerprint density at radius 1 is 1.21 bits per heavy atom. The second-order valence-corrected chi connectivity index (χ2v) is 9.56. The van der Waals surface area contributed by atoms with Crippen molar-refractivity contribution in [2.75, 3.05) is 30.5 Å². The molecule has 0 saturated carbocycles. The molecule has 0 saturated heterocycles. The fourth-order valence-corrected chi connectivity index (χ4v) is 5.88. The zero-order valence-corrected chi connectivity index (χ0v) is 18.6. The average molecular weight is 428 g/mol. The number of carbonyl (C=O) groups excluding carboxylic acids is 1. The molecule has 1 atom stereocenters. The largest absolute Gasteiger partial charge is 0.497 e. The first-order valence-electron chi connectivity index (χ1n) is 9.59. The second-order valence-electron chi connectivity index (χ2n) is 7.34. The quantitative estimate of drug-likeness (QED) is 0.756. The van der Waals surface area contributed by atoms with Gasteiger partial charge in [0.15, 0.2) is 0 Å². The van der Waals surface area contributed by atoms with Gasteiger partial charge >= 0.3 is 0 Å². The molecule has 1 N–H and O–H groups in total. The molecular weight excluding hydrogens is 402 g/mol. The summed E-state index contributed by atoms with van der Waals surface area (Å²) in [4.78, 5) is 19.4. The summed E-state index contributed by atoms with van der Waals surface area (Å²) in [5, 5.41) is 4.26. The van der Waals surface area contributed by atoms with Crippen LogP contribution in [-0.2, 0) is 4.79 Å². The van der Waals surface area contributed by atoms with E-state index in [-0.39, 0.29) is 23.9 Å². The number of rotatable bonds is 5. The van der Waals surface area contributed by atoms with E-state index < -0.39 is 0 Å². The standard InChI is InChI=1S/C22H25N3O2S2/c1-14(2)23-20(26)13-25-17-11-15(27-4)9-10-19(17)29-22(25)12-21-24(3)16-7-5-6-8-18(16)28-21/h5-12,14,21H,13H2,1-4H3,(H,23,26)/b22-12-. The molecule has 0 aliphatic carbocycles. The highest BCUT2D eigenvalue weighted by Gasteiger charge is 2.31. The number of hydrogen-bond donors (Lipinski definition) is 1. The van der Waals surface area contributed by atoms with Crippen LogP contribution in [0.15, 0.2) is 63.4 Å². The first kappa shape index (κ1) is 20.0. The molecular formula is C22H25N3O2S2. The lowest BCUT2D eigenvalue weighted by Crippen LogP contribution is -2.39. The molecule has 1 unspecified atom stereocenters. The highest BCUT2D eigenvalue weighted by Crippen LogP contribution is 2.50. The van der Waals surface area contributed by atoms with E-state index in [0.717, 1.165) is 21.4 Å². The van der Waals surface area contributed by atoms with Crippen molar-refractivity contribution in [2.24, 2.45) is 0 Å². The van der Waals surface area contributed by atoms with E-state index in [4.69, 9.17) is 4.74 Å². The highest BCUT2D eigenvalue weighted by molar-refractivity contribution is 8.04. The molecule has 0 radical (unpaired) electrons. The van der Waals surface area contributed by atoms with Crippen LogP contribution >= 0.6 is 23.5 Å². The average Bonchev–Trinajstić information content (AvgIpc) is 3.19. The first-order valence-corrected chi connectivity index (χ1v) is 11.3. The van der Waals surface area contributed by atoms with E-state index in [0.29, 0.717) is 0 Å². The Labute approximate surface area is 180 Å². The minimum absolute atomic E-state index is 0.0119. The third kappa shape index (κ3) is 4.07. The molecule has 152 valence electrons. The Balaban J connectivity index is 1.64. The van der Waals surface area contributed by atoms with Crippen LogP contribution in [0.2, 0.25) is 0 Å². The fraction of sp³-hybridized carbons (Fsp3) is 0.318. The van der Waals surface area contributed by atoms with Crippen LogP contribution in [-0.4, -0.2) is 38.0 Å². The Morgan fingerprint density at radius 2 is 2.00 bits per heavy atom. The topological polar surface area (TPSA) is 44.8 Å². The third-order valence-corrected chi connectivity index (χ3v) is 7.27. The van der Waals surface area contributed by atoms with Gasteiger partial charge in [-0.1, -0.05) is 35.7 Å². The number of nitrogens with zero attached hydrogens (tertiary/aromatic N) is 2. The maximum absolute atomic E-state index is 12.6. The van der Waals surface area contributed by atoms with Crippen molar-refractivity contribution >= 4 is 40.8 Å². The Hall–Kier alpha value is -2.25. The highest BCUT2D eigenvalue weighted by atomic mass is 32.2. The minimum atomic E-state index is 0.0119. The summed E-state index contributed by atoms with van der Waals surface area (Å²) in [6, 6.07) is 14.6. The van der Waals surface area contributed by atoms with Gasteiger partial charge in [-0.05, 0) is 44.2 Å². The molecule has 2 aromatic rings. The summed E-state index contributed by atoms with van der Waals surface area (Å²) < 4.78 is 5.42. The van der Waals surface area contributed by atoms with Crippen molar-refractivity contribution < 1.29 is 9.53 Å². The zero-order chi connectivity index (χ0) is 20.5. The molecule has 4 rings (SSSR count). The van der Waals surface area contributed by atoms with E-state index in [1.807, 2.05) is 37.7 Å². The molecule has 29 heavy (non-hydrogen) atoms. The van der Waals surface area contributed by atoms with Crippen LogP contribution in [0.4, 0.5) is 11.4 Å². The predicted molar refractivity (Wildman–Crippen MR) is 122 cm³/mol. The Kier molecular flexibility index (Phi) is 5.69. The molecule has 2 aliphatic rings. The van der Waals surface area contributed by atoms with Crippen LogP contribution in [0, 0.1) is 0 Å². The van der Waals surface area contributed by atoms with Crippen molar-refractivity contribution in [2.45, 2.75) is 35.1 Å². The fourth-order valence-electron chi connectivity index (χ4n) is 3.47. The summed E-state index contributed by atoms with van der Waals surface area (Å²) in [5.74, 6) is 0.803. The van der Waals surface area contributed by atoms with Crippen molar-refractivity contribution in [3.63, 3.8) is 0 Å². The molecule has 2 heterocycles. The van der Waals surface area contributed by atoms with E-state index >= 15 is 0 Å². The number of amides is 1. The van der Waals surface area contributed by atoms with Gasteiger partial charge in [0.1, 0.15) is 17.7 Å². The van der Waals surface area contributed by atoms with Crippen LogP contribution in [0.5, 0.6) is 5.75 Å². The number of methoxy groups -OCH3 is 1. The number of anilines is 2. The number of hydrogen-bond acceptors (Lipinski definition) is 6. The molecule has 0 spiro atoms. The van der Waals surface area contributed by atoms with Gasteiger partial charge in [0.05, 0.1) is 23.5 Å². The van der Waals surface area contributed by atoms with E-state index in [2.05, 4.69) is 58.6 Å². The smallest absolute Gasteiger partial charge is 0.240 e. The van der Waals surface area contributed by atoms with Crippen molar-refractivity contribution in [1.29, 1.82) is 0 Å². The van der Waals surface area contributed by atoms with Crippen molar-refractivity contribution in [3.05, 3.63) is 53.6 Å². The number of fused-ring (bicyclic) bond motifs is 2. The molecule has 0 fully saturated rings. The van der Waals surface area contributed by atoms with Crippen molar-refractivity contribution in [3.8, 4) is 5.75 Å². The van der Waals surface area contributed by atoms with Gasteiger partial charge in [-0.3, -0.25) is 4.79 Å². The zero-order valence-electron chi connectivity index (χ0n) is 17.0. The van der Waals surface area contributed by atoms with Gasteiger partial charge in [0, 0.05) is 28.9 Å². The summed E-state index contributed by atoms with van der Waals surface area (Å²) >= 11 is 3.54. The monoisotopic (exact) mass is 427 g/mol. The second kappa shape index (κ2) is 8.24. The number of para-hydroxylation sites is 1. The molecule has 7 heteroatoms. The maximum Gasteiger partial charge on any atom is 0.240 e. The van der Waals surface area contributed by atoms with Crippen LogP contribution in [0.1, 0.15) is 13.8 Å². The molecule has 0 bridgehead atoms. The van der Waals surface area contributed by atoms with E-state index in [1.165, 1.54) is 10.6 Å². The minimum Gasteiger partial charge on any atom is -0.497 e. The van der Waals surface area contributed by atoms with Gasteiger partial charge in [0.2, 0.25) is 5.91 Å². The van der Waals surface area contributed by atoms with Crippen LogP contribution in [0.25, 0.3) is 0 Å². The number of likely N-dealkylation sites (N-methyl/N-ethyl adjacent to an activating group) is 1. The van der Waals surface area contributed by atoms with Crippen molar-refractivity contribution in [1.82, 2.24) is 5.32 Å². The van der Waals surface area contributed by atoms with Gasteiger partial charge in [0.25, 0.3) is 0 Å². The molecule has 2 aliphatic heterocycles. The predicted octanol–water partition coefficient (Wildman–Crippen LogP) is 4.54. The maximum atomic E-state index is 12.6. The molecule has 5 nitrogen and oxygen atoms in total. The number of thioether (sulfide) groups is 2. The summed E-state index contributed by atoms with van der Waals surface area (Å²) in [5.41, 5.74) is 2.26. The van der Waals surface area contributed by atoms with Gasteiger partial charge < -0.3 is 19.9 Å². The molecule has 0 aromatic heterocycles. The summed E-state index contributed by atoms with van der Waals surface area (Å²) in [7, 11) is 3.78.